The van der Waals surface area contributed by atoms with Crippen molar-refractivity contribution in [2.45, 2.75) is 25.8 Å². The molecule has 0 aliphatic heterocycles. The molecule has 40 valence electrons. The van der Waals surface area contributed by atoms with Crippen molar-refractivity contribution in [1.29, 1.82) is 0 Å². The molecule has 0 amide bonds. The molecule has 1 aliphatic carbocycles. The van der Waals surface area contributed by atoms with Crippen molar-refractivity contribution < 1.29 is 0 Å². The van der Waals surface area contributed by atoms with Gasteiger partial charge in [-0.2, -0.15) is 0 Å². The topological polar surface area (TPSA) is 26.0 Å². The molecule has 0 radical (unpaired) electrons. The first-order valence-electron chi connectivity index (χ1n) is 2.73. The summed E-state index contributed by atoms with van der Waals surface area (Å²) >= 11 is 0. The van der Waals surface area contributed by atoms with Crippen molar-refractivity contribution in [2.24, 2.45) is 5.73 Å². The minimum absolute atomic E-state index is 0.375. The van der Waals surface area contributed by atoms with Gasteiger partial charge in [0.25, 0.3) is 0 Å². The van der Waals surface area contributed by atoms with Crippen molar-refractivity contribution in [1.82, 2.24) is 0 Å². The zero-order valence-corrected chi connectivity index (χ0v) is 4.65. The van der Waals surface area contributed by atoms with Crippen LogP contribution in [0.1, 0.15) is 19.8 Å². The summed E-state index contributed by atoms with van der Waals surface area (Å²) in [5.41, 5.74) is 6.97. The minimum Gasteiger partial charge on any atom is -0.324 e. The average Bonchev–Trinajstić information content (AvgIpc) is 1.91. The predicted octanol–water partition coefficient (Wildman–Crippen LogP) is 1.05. The molecule has 0 saturated carbocycles. The van der Waals surface area contributed by atoms with E-state index in [2.05, 4.69) is 13.0 Å². The number of hydrogen-bond acceptors (Lipinski definition) is 1. The van der Waals surface area contributed by atoms with Gasteiger partial charge in [-0.25, -0.2) is 0 Å². The summed E-state index contributed by atoms with van der Waals surface area (Å²) < 4.78 is 0. The largest absolute Gasteiger partial charge is 0.324 e. The first-order valence-corrected chi connectivity index (χ1v) is 2.73. The Morgan fingerprint density at radius 2 is 2.57 bits per heavy atom. The first kappa shape index (κ1) is 4.85. The van der Waals surface area contributed by atoms with Gasteiger partial charge in [0, 0.05) is 6.04 Å². The van der Waals surface area contributed by atoms with E-state index in [-0.39, 0.29) is 0 Å². The van der Waals surface area contributed by atoms with Crippen molar-refractivity contribution in [3.8, 4) is 0 Å². The third kappa shape index (κ3) is 0.829. The highest BCUT2D eigenvalue weighted by Crippen LogP contribution is 2.14. The Kier molecular flexibility index (Phi) is 1.15. The fourth-order valence-electron chi connectivity index (χ4n) is 0.870. The summed E-state index contributed by atoms with van der Waals surface area (Å²) in [4.78, 5) is 0. The highest BCUT2D eigenvalue weighted by molar-refractivity contribution is 5.12. The molecule has 0 spiro atoms. The van der Waals surface area contributed by atoms with Crippen molar-refractivity contribution in [3.63, 3.8) is 0 Å². The van der Waals surface area contributed by atoms with Crippen LogP contribution in [-0.4, -0.2) is 6.04 Å². The lowest BCUT2D eigenvalue weighted by atomic mass is 10.2. The van der Waals surface area contributed by atoms with E-state index in [1.165, 1.54) is 12.0 Å². The zero-order valence-electron chi connectivity index (χ0n) is 4.65. The Labute approximate surface area is 44.2 Å². The highest BCUT2D eigenvalue weighted by Gasteiger charge is 2.08. The van der Waals surface area contributed by atoms with Crippen LogP contribution in [0.3, 0.4) is 0 Å². The van der Waals surface area contributed by atoms with E-state index >= 15 is 0 Å². The number of rotatable bonds is 0. The molecule has 0 aromatic rings. The molecule has 0 aromatic carbocycles. The Hall–Kier alpha value is -0.300. The third-order valence-corrected chi connectivity index (χ3v) is 1.53. The maximum atomic E-state index is 5.61. The van der Waals surface area contributed by atoms with Gasteiger partial charge in [0.2, 0.25) is 0 Å². The molecule has 1 nitrogen and oxygen atoms in total. The van der Waals surface area contributed by atoms with Crippen molar-refractivity contribution in [2.75, 3.05) is 0 Å². The van der Waals surface area contributed by atoms with E-state index in [1.807, 2.05) is 0 Å². The molecule has 1 rings (SSSR count). The second-order valence-corrected chi connectivity index (χ2v) is 2.13. The number of nitrogens with two attached hydrogens (primary N) is 1. The Balaban J connectivity index is 2.54. The van der Waals surface area contributed by atoms with Crippen LogP contribution in [0.25, 0.3) is 0 Å². The molecule has 0 fully saturated rings. The highest BCUT2D eigenvalue weighted by atomic mass is 14.6. The lowest BCUT2D eigenvalue weighted by Gasteiger charge is -1.99. The van der Waals surface area contributed by atoms with Crippen LogP contribution in [0, 0.1) is 0 Å². The molecule has 7 heavy (non-hydrogen) atoms. The molecule has 0 bridgehead atoms. The van der Waals surface area contributed by atoms with Crippen molar-refractivity contribution in [3.05, 3.63) is 11.6 Å². The standard InChI is InChI=1S/C6H11N/c1-5-3-2-4-6(5)7/h3,6H,2,4,7H2,1H3. The van der Waals surface area contributed by atoms with Crippen LogP contribution in [0.2, 0.25) is 0 Å². The minimum atomic E-state index is 0.375. The molecular weight excluding hydrogens is 86.1 g/mol. The first-order chi connectivity index (χ1) is 3.30. The van der Waals surface area contributed by atoms with Gasteiger partial charge in [-0.05, 0) is 19.8 Å². The molecule has 1 heteroatoms. The zero-order chi connectivity index (χ0) is 5.28. The quantitative estimate of drug-likeness (QED) is 0.449. The Morgan fingerprint density at radius 3 is 2.71 bits per heavy atom. The summed E-state index contributed by atoms with van der Waals surface area (Å²) in [5, 5.41) is 0. The monoisotopic (exact) mass is 97.1 g/mol. The molecule has 0 saturated heterocycles. The number of allylic oxidation sites excluding steroid dienone is 1. The van der Waals surface area contributed by atoms with Crippen molar-refractivity contribution >= 4 is 0 Å². The molecule has 0 aromatic heterocycles. The van der Waals surface area contributed by atoms with Gasteiger partial charge in [0.1, 0.15) is 0 Å². The van der Waals surface area contributed by atoms with Crippen LogP contribution >= 0.6 is 0 Å². The van der Waals surface area contributed by atoms with Crippen LogP contribution in [0.4, 0.5) is 0 Å². The van der Waals surface area contributed by atoms with Gasteiger partial charge >= 0.3 is 0 Å². The average molecular weight is 97.2 g/mol. The van der Waals surface area contributed by atoms with Crippen LogP contribution in [0.5, 0.6) is 0 Å². The van der Waals surface area contributed by atoms with Gasteiger partial charge in [0.05, 0.1) is 0 Å². The van der Waals surface area contributed by atoms with E-state index in [0.717, 1.165) is 6.42 Å². The summed E-state index contributed by atoms with van der Waals surface area (Å²) in [7, 11) is 0. The lowest BCUT2D eigenvalue weighted by Crippen LogP contribution is -2.16. The Bertz CT molecular complexity index is 94.4. The Morgan fingerprint density at radius 1 is 1.86 bits per heavy atom. The van der Waals surface area contributed by atoms with E-state index in [9.17, 15) is 0 Å². The second kappa shape index (κ2) is 1.66. The van der Waals surface area contributed by atoms with Gasteiger partial charge in [-0.3, -0.25) is 0 Å². The lowest BCUT2D eigenvalue weighted by molar-refractivity contribution is 0.752. The van der Waals surface area contributed by atoms with Crippen LogP contribution in [0.15, 0.2) is 11.6 Å². The summed E-state index contributed by atoms with van der Waals surface area (Å²) in [5.74, 6) is 0. The fourth-order valence-corrected chi connectivity index (χ4v) is 0.870. The van der Waals surface area contributed by atoms with Crippen LogP contribution < -0.4 is 5.73 Å². The summed E-state index contributed by atoms with van der Waals surface area (Å²) in [6.45, 7) is 2.09. The van der Waals surface area contributed by atoms with E-state index < -0.39 is 0 Å². The normalized spacial score (nSPS) is 30.6. The second-order valence-electron chi connectivity index (χ2n) is 2.13. The van der Waals surface area contributed by atoms with Gasteiger partial charge in [-0.15, -0.1) is 0 Å². The summed E-state index contributed by atoms with van der Waals surface area (Å²) in [6, 6.07) is 0.375. The molecule has 1 aliphatic rings. The predicted molar refractivity (Wildman–Crippen MR) is 31.0 cm³/mol. The number of hydrogen-bond donors (Lipinski definition) is 1. The fraction of sp³-hybridized carbons (Fsp3) is 0.667. The maximum absolute atomic E-state index is 5.61. The SMILES string of the molecule is CC1=CCCC1N. The van der Waals surface area contributed by atoms with E-state index in [4.69, 9.17) is 5.73 Å². The molecule has 1 unspecified atom stereocenters. The third-order valence-electron chi connectivity index (χ3n) is 1.53. The van der Waals surface area contributed by atoms with Gasteiger partial charge in [0.15, 0.2) is 0 Å². The molecule has 2 N–H and O–H groups in total. The molecule has 0 heterocycles. The van der Waals surface area contributed by atoms with Gasteiger partial charge in [-0.1, -0.05) is 11.6 Å². The van der Waals surface area contributed by atoms with E-state index in [0.29, 0.717) is 6.04 Å². The molecule has 1 atom stereocenters. The van der Waals surface area contributed by atoms with Crippen LogP contribution in [-0.2, 0) is 0 Å². The van der Waals surface area contributed by atoms with Gasteiger partial charge < -0.3 is 5.73 Å². The summed E-state index contributed by atoms with van der Waals surface area (Å²) in [6.07, 6.45) is 4.56. The molecular formula is C6H11N. The maximum Gasteiger partial charge on any atom is 0.0253 e. The van der Waals surface area contributed by atoms with E-state index in [1.54, 1.807) is 0 Å². The smallest absolute Gasteiger partial charge is 0.0253 e.